The normalized spacial score (nSPS) is 16.0. The van der Waals surface area contributed by atoms with E-state index in [-0.39, 0.29) is 5.75 Å². The number of rotatable bonds is 3. The van der Waals surface area contributed by atoms with Crippen molar-refractivity contribution in [3.8, 4) is 5.75 Å². The summed E-state index contributed by atoms with van der Waals surface area (Å²) in [5.41, 5.74) is 3.13. The first-order valence-corrected chi connectivity index (χ1v) is 7.25. The lowest BCUT2D eigenvalue weighted by Gasteiger charge is -2.12. The predicted octanol–water partition coefficient (Wildman–Crippen LogP) is 4.80. The molecule has 1 saturated carbocycles. The van der Waals surface area contributed by atoms with E-state index in [2.05, 4.69) is 23.2 Å². The van der Waals surface area contributed by atoms with Crippen LogP contribution in [0, 0.1) is 0 Å². The van der Waals surface area contributed by atoms with Crippen molar-refractivity contribution < 1.29 is 5.11 Å². The highest BCUT2D eigenvalue weighted by molar-refractivity contribution is 5.85. The molecule has 0 atom stereocenters. The molecule has 2 aromatic rings. The maximum absolute atomic E-state index is 9.78. The van der Waals surface area contributed by atoms with Gasteiger partial charge >= 0.3 is 0 Å². The van der Waals surface area contributed by atoms with E-state index in [1.165, 1.54) is 31.2 Å². The molecule has 2 heteroatoms. The van der Waals surface area contributed by atoms with E-state index in [9.17, 15) is 5.11 Å². The van der Waals surface area contributed by atoms with Gasteiger partial charge in [0, 0.05) is 11.8 Å². The predicted molar refractivity (Wildman–Crippen MR) is 83.0 cm³/mol. The average Bonchev–Trinajstić information content (AvgIpc) is 3.01. The Labute approximate surface area is 119 Å². The maximum Gasteiger partial charge on any atom is 0.124 e. The van der Waals surface area contributed by atoms with Gasteiger partial charge in [-0.3, -0.25) is 4.99 Å². The summed E-state index contributed by atoms with van der Waals surface area (Å²) in [6, 6.07) is 15.6. The third kappa shape index (κ3) is 2.74. The minimum atomic E-state index is 0.273. The van der Waals surface area contributed by atoms with Crippen molar-refractivity contribution in [2.45, 2.75) is 31.6 Å². The Morgan fingerprint density at radius 1 is 0.950 bits per heavy atom. The molecule has 1 fully saturated rings. The summed E-state index contributed by atoms with van der Waals surface area (Å²) >= 11 is 0. The van der Waals surface area contributed by atoms with Gasteiger partial charge in [0.05, 0.1) is 5.69 Å². The number of hydrogen-bond acceptors (Lipinski definition) is 2. The number of aliphatic imine (C=N–C) groups is 1. The van der Waals surface area contributed by atoms with Crippen molar-refractivity contribution in [3.63, 3.8) is 0 Å². The largest absolute Gasteiger partial charge is 0.507 e. The molecule has 2 nitrogen and oxygen atoms in total. The van der Waals surface area contributed by atoms with Crippen LogP contribution in [0.5, 0.6) is 5.75 Å². The van der Waals surface area contributed by atoms with Gasteiger partial charge in [-0.1, -0.05) is 43.2 Å². The first kappa shape index (κ1) is 12.9. The van der Waals surface area contributed by atoms with E-state index in [0.717, 1.165) is 11.3 Å². The molecule has 0 saturated heterocycles. The Hall–Kier alpha value is -2.09. The second kappa shape index (κ2) is 5.91. The second-order valence-electron chi connectivity index (χ2n) is 5.36. The van der Waals surface area contributed by atoms with Crippen molar-refractivity contribution in [1.29, 1.82) is 0 Å². The monoisotopic (exact) mass is 265 g/mol. The number of phenolic OH excluding ortho intramolecular Hbond substituents is 1. The summed E-state index contributed by atoms with van der Waals surface area (Å²) in [7, 11) is 0. The minimum Gasteiger partial charge on any atom is -0.507 e. The lowest BCUT2D eigenvalue weighted by Crippen LogP contribution is -1.92. The van der Waals surface area contributed by atoms with E-state index in [1.807, 2.05) is 24.3 Å². The fraction of sp³-hybridized carbons (Fsp3) is 0.278. The van der Waals surface area contributed by atoms with Crippen LogP contribution in [0.4, 0.5) is 5.69 Å². The zero-order chi connectivity index (χ0) is 13.8. The van der Waals surface area contributed by atoms with E-state index < -0.39 is 0 Å². The van der Waals surface area contributed by atoms with Crippen molar-refractivity contribution in [3.05, 3.63) is 59.7 Å². The number of para-hydroxylation sites is 2. The molecular weight excluding hydrogens is 246 g/mol. The van der Waals surface area contributed by atoms with Gasteiger partial charge in [-0.2, -0.15) is 0 Å². The van der Waals surface area contributed by atoms with Crippen molar-refractivity contribution >= 4 is 11.9 Å². The molecule has 0 heterocycles. The number of aromatic hydroxyl groups is 1. The zero-order valence-electron chi connectivity index (χ0n) is 11.5. The highest BCUT2D eigenvalue weighted by Gasteiger charge is 2.19. The third-order valence-corrected chi connectivity index (χ3v) is 4.01. The van der Waals surface area contributed by atoms with Gasteiger partial charge in [0.15, 0.2) is 0 Å². The fourth-order valence-electron chi connectivity index (χ4n) is 2.92. The van der Waals surface area contributed by atoms with Crippen LogP contribution in [0.15, 0.2) is 53.5 Å². The second-order valence-corrected chi connectivity index (χ2v) is 5.36. The Bertz CT molecular complexity index is 612. The van der Waals surface area contributed by atoms with Crippen molar-refractivity contribution in [2.75, 3.05) is 0 Å². The van der Waals surface area contributed by atoms with E-state index in [1.54, 1.807) is 12.3 Å². The first-order chi connectivity index (χ1) is 9.84. The fourth-order valence-corrected chi connectivity index (χ4v) is 2.92. The molecule has 0 unspecified atom stereocenters. The molecule has 0 aromatic heterocycles. The first-order valence-electron chi connectivity index (χ1n) is 7.25. The lowest BCUT2D eigenvalue weighted by atomic mass is 9.96. The van der Waals surface area contributed by atoms with Gasteiger partial charge < -0.3 is 5.11 Å². The van der Waals surface area contributed by atoms with Crippen LogP contribution < -0.4 is 0 Å². The zero-order valence-corrected chi connectivity index (χ0v) is 11.5. The van der Waals surface area contributed by atoms with E-state index in [0.29, 0.717) is 5.92 Å². The highest BCUT2D eigenvalue weighted by Crippen LogP contribution is 2.38. The minimum absolute atomic E-state index is 0.273. The summed E-state index contributed by atoms with van der Waals surface area (Å²) in [6.45, 7) is 0. The van der Waals surface area contributed by atoms with E-state index in [4.69, 9.17) is 0 Å². The van der Waals surface area contributed by atoms with E-state index >= 15 is 0 Å². The van der Waals surface area contributed by atoms with Crippen LogP contribution in [0.3, 0.4) is 0 Å². The highest BCUT2D eigenvalue weighted by atomic mass is 16.3. The van der Waals surface area contributed by atoms with Gasteiger partial charge in [0.2, 0.25) is 0 Å². The molecule has 0 radical (unpaired) electrons. The average molecular weight is 265 g/mol. The maximum atomic E-state index is 9.78. The molecule has 20 heavy (non-hydrogen) atoms. The Kier molecular flexibility index (Phi) is 3.82. The molecule has 0 aliphatic heterocycles. The SMILES string of the molecule is Oc1ccccc1C=Nc1ccccc1C1CCCC1. The molecule has 2 aromatic carbocycles. The van der Waals surface area contributed by atoms with Crippen molar-refractivity contribution in [2.24, 2.45) is 4.99 Å². The summed E-state index contributed by atoms with van der Waals surface area (Å²) < 4.78 is 0. The smallest absolute Gasteiger partial charge is 0.124 e. The molecule has 0 bridgehead atoms. The van der Waals surface area contributed by atoms with Crippen LogP contribution in [-0.2, 0) is 0 Å². The molecule has 102 valence electrons. The molecule has 0 spiro atoms. The standard InChI is InChI=1S/C18H19NO/c20-18-12-6-3-9-15(18)13-19-17-11-5-4-10-16(17)14-7-1-2-8-14/h3-6,9-14,20H,1-2,7-8H2. The Morgan fingerprint density at radius 2 is 1.65 bits per heavy atom. The summed E-state index contributed by atoms with van der Waals surface area (Å²) in [5.74, 6) is 0.919. The van der Waals surface area contributed by atoms with Crippen LogP contribution in [0.2, 0.25) is 0 Å². The van der Waals surface area contributed by atoms with Crippen LogP contribution >= 0.6 is 0 Å². The number of nitrogens with zero attached hydrogens (tertiary/aromatic N) is 1. The summed E-state index contributed by atoms with van der Waals surface area (Å²) in [4.78, 5) is 4.60. The number of benzene rings is 2. The van der Waals surface area contributed by atoms with Crippen molar-refractivity contribution in [1.82, 2.24) is 0 Å². The third-order valence-electron chi connectivity index (χ3n) is 4.01. The van der Waals surface area contributed by atoms with Crippen LogP contribution in [-0.4, -0.2) is 11.3 Å². The molecule has 0 amide bonds. The molecule has 3 rings (SSSR count). The molecule has 1 aliphatic carbocycles. The molecule has 1 aliphatic rings. The van der Waals surface area contributed by atoms with Gasteiger partial charge in [-0.15, -0.1) is 0 Å². The quantitative estimate of drug-likeness (QED) is 0.794. The summed E-state index contributed by atoms with van der Waals surface area (Å²) in [5, 5.41) is 9.78. The Balaban J connectivity index is 1.89. The van der Waals surface area contributed by atoms with Gasteiger partial charge in [-0.05, 0) is 42.5 Å². The van der Waals surface area contributed by atoms with Crippen LogP contribution in [0.1, 0.15) is 42.7 Å². The molecule has 1 N–H and O–H groups in total. The summed E-state index contributed by atoms with van der Waals surface area (Å²) in [6.07, 6.45) is 6.93. The van der Waals surface area contributed by atoms with Gasteiger partial charge in [0.1, 0.15) is 5.75 Å². The van der Waals surface area contributed by atoms with Gasteiger partial charge in [0.25, 0.3) is 0 Å². The molecular formula is C18H19NO. The number of hydrogen-bond donors (Lipinski definition) is 1. The lowest BCUT2D eigenvalue weighted by molar-refractivity contribution is 0.474. The van der Waals surface area contributed by atoms with Gasteiger partial charge in [-0.25, -0.2) is 0 Å². The topological polar surface area (TPSA) is 32.6 Å². The van der Waals surface area contributed by atoms with Crippen LogP contribution in [0.25, 0.3) is 0 Å². The Morgan fingerprint density at radius 3 is 2.45 bits per heavy atom. The number of phenols is 1.